The van der Waals surface area contributed by atoms with Crippen LogP contribution in [0.3, 0.4) is 0 Å². The van der Waals surface area contributed by atoms with Crippen molar-refractivity contribution in [3.63, 3.8) is 0 Å². The van der Waals surface area contributed by atoms with Crippen LogP contribution >= 0.6 is 0 Å². The van der Waals surface area contributed by atoms with Crippen LogP contribution in [0.4, 0.5) is 0 Å². The Labute approximate surface area is 168 Å². The lowest BCUT2D eigenvalue weighted by molar-refractivity contribution is -0.137. The van der Waals surface area contributed by atoms with Crippen LogP contribution in [0, 0.1) is 0 Å². The van der Waals surface area contributed by atoms with Crippen molar-refractivity contribution in [1.29, 1.82) is 0 Å². The number of carboxylic acid groups (broad SMARTS) is 1. The second-order valence-corrected chi connectivity index (χ2v) is 7.75. The Morgan fingerprint density at radius 3 is 2.18 bits per heavy atom. The van der Waals surface area contributed by atoms with Crippen molar-refractivity contribution in [1.82, 2.24) is 4.57 Å². The maximum atomic E-state index is 12.8. The fourth-order valence-electron chi connectivity index (χ4n) is 3.81. The molecular weight excluding hydrogens is 350 g/mol. The Hall–Kier alpha value is -2.10. The standard InChI is InChI=1S/C24H35NO3/c1-2-3-4-5-6-7-8-9-10-15-21-19-20-14-11-12-16-22(20)25(21)23(26)17-13-18-24(27)28/h11-12,14,16,19H,2-10,13,15,17-18H2,1H3,(H,27,28). The van der Waals surface area contributed by atoms with Gasteiger partial charge < -0.3 is 5.11 Å². The van der Waals surface area contributed by atoms with E-state index in [4.69, 9.17) is 5.11 Å². The Morgan fingerprint density at radius 2 is 1.50 bits per heavy atom. The predicted molar refractivity (Wildman–Crippen MR) is 115 cm³/mol. The van der Waals surface area contributed by atoms with Gasteiger partial charge in [0.25, 0.3) is 0 Å². The van der Waals surface area contributed by atoms with Gasteiger partial charge in [-0.3, -0.25) is 14.2 Å². The summed E-state index contributed by atoms with van der Waals surface area (Å²) in [6, 6.07) is 10.1. The van der Waals surface area contributed by atoms with Crippen LogP contribution in [0.15, 0.2) is 30.3 Å². The number of aliphatic carboxylic acids is 1. The number of benzene rings is 1. The normalized spacial score (nSPS) is 11.2. The van der Waals surface area contributed by atoms with Crippen molar-refractivity contribution in [2.24, 2.45) is 0 Å². The van der Waals surface area contributed by atoms with E-state index >= 15 is 0 Å². The van der Waals surface area contributed by atoms with E-state index in [0.29, 0.717) is 6.42 Å². The van der Waals surface area contributed by atoms with Gasteiger partial charge in [-0.05, 0) is 31.4 Å². The molecule has 1 aromatic heterocycles. The molecule has 1 heterocycles. The van der Waals surface area contributed by atoms with Gasteiger partial charge in [-0.1, -0.05) is 76.5 Å². The van der Waals surface area contributed by atoms with Crippen LogP contribution in [-0.2, 0) is 11.2 Å². The minimum atomic E-state index is -0.847. The van der Waals surface area contributed by atoms with Crippen LogP contribution in [-0.4, -0.2) is 21.6 Å². The van der Waals surface area contributed by atoms with Crippen molar-refractivity contribution in [2.75, 3.05) is 0 Å². The minimum Gasteiger partial charge on any atom is -0.481 e. The number of fused-ring (bicyclic) bond motifs is 1. The van der Waals surface area contributed by atoms with Gasteiger partial charge in [0.05, 0.1) is 5.52 Å². The van der Waals surface area contributed by atoms with Gasteiger partial charge in [0.15, 0.2) is 0 Å². The third kappa shape index (κ3) is 7.14. The highest BCUT2D eigenvalue weighted by Crippen LogP contribution is 2.23. The molecule has 0 amide bonds. The average molecular weight is 386 g/mol. The smallest absolute Gasteiger partial charge is 0.303 e. The Morgan fingerprint density at radius 1 is 0.857 bits per heavy atom. The van der Waals surface area contributed by atoms with Crippen LogP contribution in [0.1, 0.15) is 94.5 Å². The molecule has 0 saturated carbocycles. The number of para-hydroxylation sites is 1. The third-order valence-electron chi connectivity index (χ3n) is 5.35. The molecular formula is C24H35NO3. The highest BCUT2D eigenvalue weighted by molar-refractivity contribution is 5.93. The number of unbranched alkanes of at least 4 members (excludes halogenated alkanes) is 8. The number of aryl methyl sites for hydroxylation is 1. The molecule has 2 aromatic rings. The van der Waals surface area contributed by atoms with Crippen LogP contribution in [0.25, 0.3) is 10.9 Å². The molecule has 0 aliphatic heterocycles. The first kappa shape index (κ1) is 22.2. The van der Waals surface area contributed by atoms with Gasteiger partial charge in [-0.25, -0.2) is 0 Å². The second kappa shape index (κ2) is 12.4. The third-order valence-corrected chi connectivity index (χ3v) is 5.35. The van der Waals surface area contributed by atoms with E-state index in [1.807, 2.05) is 28.8 Å². The first-order valence-corrected chi connectivity index (χ1v) is 11.0. The predicted octanol–water partition coefficient (Wildman–Crippen LogP) is 6.61. The van der Waals surface area contributed by atoms with Crippen molar-refractivity contribution in [3.8, 4) is 0 Å². The fraction of sp³-hybridized carbons (Fsp3) is 0.583. The molecule has 2 rings (SSSR count). The average Bonchev–Trinajstić information content (AvgIpc) is 3.04. The minimum absolute atomic E-state index is 0.00775. The van der Waals surface area contributed by atoms with E-state index in [9.17, 15) is 9.59 Å². The number of carbonyl (C=O) groups is 2. The first-order valence-electron chi connectivity index (χ1n) is 11.0. The van der Waals surface area contributed by atoms with Gasteiger partial charge in [0.2, 0.25) is 5.91 Å². The van der Waals surface area contributed by atoms with Crippen molar-refractivity contribution in [2.45, 2.75) is 90.4 Å². The molecule has 0 bridgehead atoms. The summed E-state index contributed by atoms with van der Waals surface area (Å²) in [6.45, 7) is 2.25. The summed E-state index contributed by atoms with van der Waals surface area (Å²) in [6.07, 6.45) is 13.2. The molecule has 4 heteroatoms. The van der Waals surface area contributed by atoms with Crippen LogP contribution in [0.5, 0.6) is 0 Å². The summed E-state index contributed by atoms with van der Waals surface area (Å²) in [4.78, 5) is 23.5. The van der Waals surface area contributed by atoms with E-state index in [-0.39, 0.29) is 18.7 Å². The SMILES string of the molecule is CCCCCCCCCCCc1cc2ccccc2n1C(=O)CCCC(=O)O. The Kier molecular flexibility index (Phi) is 9.81. The lowest BCUT2D eigenvalue weighted by Gasteiger charge is -2.09. The molecule has 0 spiro atoms. The second-order valence-electron chi connectivity index (χ2n) is 7.75. The largest absolute Gasteiger partial charge is 0.481 e. The Balaban J connectivity index is 1.87. The molecule has 0 fully saturated rings. The van der Waals surface area contributed by atoms with E-state index in [1.54, 1.807) is 0 Å². The molecule has 0 radical (unpaired) electrons. The molecule has 0 unspecified atom stereocenters. The van der Waals surface area contributed by atoms with Crippen LogP contribution < -0.4 is 0 Å². The van der Waals surface area contributed by atoms with E-state index in [0.717, 1.165) is 29.4 Å². The van der Waals surface area contributed by atoms with Crippen LogP contribution in [0.2, 0.25) is 0 Å². The zero-order valence-corrected chi connectivity index (χ0v) is 17.3. The summed E-state index contributed by atoms with van der Waals surface area (Å²) in [5.41, 5.74) is 2.00. The molecule has 0 aliphatic rings. The molecule has 1 N–H and O–H groups in total. The monoisotopic (exact) mass is 385 g/mol. The first-order chi connectivity index (χ1) is 13.6. The van der Waals surface area contributed by atoms with E-state index < -0.39 is 5.97 Å². The highest BCUT2D eigenvalue weighted by Gasteiger charge is 2.15. The molecule has 0 aliphatic carbocycles. The number of aromatic nitrogens is 1. The molecule has 0 saturated heterocycles. The fourth-order valence-corrected chi connectivity index (χ4v) is 3.81. The zero-order valence-electron chi connectivity index (χ0n) is 17.3. The molecule has 154 valence electrons. The van der Waals surface area contributed by atoms with Crippen molar-refractivity contribution < 1.29 is 14.7 Å². The van der Waals surface area contributed by atoms with E-state index in [2.05, 4.69) is 13.0 Å². The van der Waals surface area contributed by atoms with E-state index in [1.165, 1.54) is 51.4 Å². The maximum Gasteiger partial charge on any atom is 0.303 e. The van der Waals surface area contributed by atoms with Crippen molar-refractivity contribution >= 4 is 22.8 Å². The summed E-state index contributed by atoms with van der Waals surface area (Å²) in [7, 11) is 0. The molecule has 4 nitrogen and oxygen atoms in total. The number of hydrogen-bond acceptors (Lipinski definition) is 2. The molecule has 1 aromatic carbocycles. The number of rotatable bonds is 14. The maximum absolute atomic E-state index is 12.8. The van der Waals surface area contributed by atoms with Gasteiger partial charge >= 0.3 is 5.97 Å². The molecule has 28 heavy (non-hydrogen) atoms. The lowest BCUT2D eigenvalue weighted by atomic mass is 10.1. The summed E-state index contributed by atoms with van der Waals surface area (Å²) in [5.74, 6) is -0.839. The summed E-state index contributed by atoms with van der Waals surface area (Å²) in [5, 5.41) is 9.90. The summed E-state index contributed by atoms with van der Waals surface area (Å²) < 4.78 is 1.82. The number of hydrogen-bond donors (Lipinski definition) is 1. The van der Waals surface area contributed by atoms with Gasteiger partial charge in [-0.2, -0.15) is 0 Å². The van der Waals surface area contributed by atoms with Gasteiger partial charge in [0, 0.05) is 23.9 Å². The Bertz CT molecular complexity index is 747. The quantitative estimate of drug-likeness (QED) is 0.372. The lowest BCUT2D eigenvalue weighted by Crippen LogP contribution is -2.14. The van der Waals surface area contributed by atoms with Gasteiger partial charge in [0.1, 0.15) is 0 Å². The van der Waals surface area contributed by atoms with Crippen molar-refractivity contribution in [3.05, 3.63) is 36.0 Å². The molecule has 0 atom stereocenters. The number of nitrogens with zero attached hydrogens (tertiary/aromatic N) is 1. The van der Waals surface area contributed by atoms with Gasteiger partial charge in [-0.15, -0.1) is 0 Å². The number of carbonyl (C=O) groups excluding carboxylic acids is 1. The highest BCUT2D eigenvalue weighted by atomic mass is 16.4. The zero-order chi connectivity index (χ0) is 20.2. The summed E-state index contributed by atoms with van der Waals surface area (Å²) >= 11 is 0. The number of carboxylic acids is 1. The topological polar surface area (TPSA) is 59.3 Å².